The molecule has 254 valence electrons. The van der Waals surface area contributed by atoms with E-state index in [-0.39, 0.29) is 18.0 Å². The summed E-state index contributed by atoms with van der Waals surface area (Å²) in [6, 6.07) is 13.9. The quantitative estimate of drug-likeness (QED) is 0.163. The van der Waals surface area contributed by atoms with Crippen molar-refractivity contribution in [2.24, 2.45) is 0 Å². The molecule has 4 aromatic rings. The van der Waals surface area contributed by atoms with Crippen LogP contribution in [0, 0.1) is 6.92 Å². The fraction of sp³-hybridized carbons (Fsp3) is 0.436. The molecule has 2 aliphatic heterocycles. The van der Waals surface area contributed by atoms with Crippen LogP contribution in [0.3, 0.4) is 0 Å². The van der Waals surface area contributed by atoms with Gasteiger partial charge in [0.2, 0.25) is 0 Å². The van der Waals surface area contributed by atoms with E-state index in [4.69, 9.17) is 23.7 Å². The summed E-state index contributed by atoms with van der Waals surface area (Å²) in [5, 5.41) is 2.76. The largest absolute Gasteiger partial charge is 0.496 e. The summed E-state index contributed by atoms with van der Waals surface area (Å²) in [7, 11) is 3.10. The minimum atomic E-state index is -0.614. The molecule has 2 bridgehead atoms. The number of esters is 1. The summed E-state index contributed by atoms with van der Waals surface area (Å²) < 4.78 is 31.1. The van der Waals surface area contributed by atoms with E-state index >= 15 is 0 Å². The van der Waals surface area contributed by atoms with Gasteiger partial charge in [0, 0.05) is 42.7 Å². The van der Waals surface area contributed by atoms with Crippen LogP contribution in [0.15, 0.2) is 60.8 Å². The van der Waals surface area contributed by atoms with Crippen molar-refractivity contribution in [3.8, 4) is 11.5 Å². The van der Waals surface area contributed by atoms with Gasteiger partial charge in [-0.25, -0.2) is 9.59 Å². The fourth-order valence-electron chi connectivity index (χ4n) is 7.04. The van der Waals surface area contributed by atoms with Gasteiger partial charge in [-0.1, -0.05) is 18.2 Å². The molecule has 0 amide bonds. The van der Waals surface area contributed by atoms with Crippen molar-refractivity contribution in [2.45, 2.75) is 71.1 Å². The van der Waals surface area contributed by atoms with Crippen molar-refractivity contribution >= 4 is 33.7 Å². The molecule has 1 fully saturated rings. The molecule has 3 aromatic carbocycles. The van der Waals surface area contributed by atoms with E-state index < -0.39 is 11.7 Å². The Bertz CT molecular complexity index is 1850. The number of likely N-dealkylation sites (tertiary alicyclic amines) is 1. The number of fused-ring (bicyclic) bond motifs is 4. The number of ether oxygens (including phenoxy) is 5. The number of rotatable bonds is 4. The number of benzene rings is 3. The van der Waals surface area contributed by atoms with Crippen LogP contribution in [0.2, 0.25) is 0 Å². The highest BCUT2D eigenvalue weighted by Crippen LogP contribution is 2.39. The standard InChI is InChI=1S/C39H46N2O7/c1-25-21-35(44-5)33(29-15-18-41(36(25)29)38(43)48-39(2,3)4)24-40-17-16-34-32(23-40)28-13-14-30(37(42)45-6)27-12-11-26(22-31(27)28)46-19-9-7-8-10-20-47-34/h8,10-15,18,21-22,32,34H,7,9,16-17,19-20,23-24H2,1-6H3/b10-8+/t32-,34-/m0/s1. The summed E-state index contributed by atoms with van der Waals surface area (Å²) in [4.78, 5) is 28.4. The molecule has 0 spiro atoms. The molecule has 0 saturated carbocycles. The van der Waals surface area contributed by atoms with Crippen LogP contribution in [-0.4, -0.2) is 73.8 Å². The molecule has 1 aromatic heterocycles. The topological polar surface area (TPSA) is 88.5 Å². The fourth-order valence-corrected chi connectivity index (χ4v) is 7.04. The highest BCUT2D eigenvalue weighted by Gasteiger charge is 2.34. The Morgan fingerprint density at radius 3 is 2.60 bits per heavy atom. The molecule has 0 aliphatic carbocycles. The van der Waals surface area contributed by atoms with E-state index in [0.29, 0.717) is 25.3 Å². The maximum atomic E-state index is 13.2. The Labute approximate surface area is 282 Å². The second-order valence-corrected chi connectivity index (χ2v) is 13.7. The number of aryl methyl sites for hydroxylation is 1. The van der Waals surface area contributed by atoms with Crippen molar-refractivity contribution in [3.05, 3.63) is 83.1 Å². The lowest BCUT2D eigenvalue weighted by molar-refractivity contribution is 0.00284. The average Bonchev–Trinajstić information content (AvgIpc) is 3.52. The van der Waals surface area contributed by atoms with Crippen LogP contribution in [0.4, 0.5) is 4.79 Å². The lowest BCUT2D eigenvalue weighted by Crippen LogP contribution is -2.42. The van der Waals surface area contributed by atoms with Gasteiger partial charge < -0.3 is 23.7 Å². The minimum absolute atomic E-state index is 0.0119. The molecule has 9 nitrogen and oxygen atoms in total. The van der Waals surface area contributed by atoms with Crippen molar-refractivity contribution < 1.29 is 33.3 Å². The van der Waals surface area contributed by atoms with Crippen molar-refractivity contribution in [1.82, 2.24) is 9.47 Å². The van der Waals surface area contributed by atoms with Gasteiger partial charge in [-0.05, 0) is 105 Å². The first-order chi connectivity index (χ1) is 23.1. The normalized spacial score (nSPS) is 19.7. The number of carbonyl (C=O) groups is 2. The molecule has 1 saturated heterocycles. The summed E-state index contributed by atoms with van der Waals surface area (Å²) in [5.74, 6) is 1.20. The van der Waals surface area contributed by atoms with Crippen LogP contribution < -0.4 is 9.47 Å². The molecular weight excluding hydrogens is 608 g/mol. The van der Waals surface area contributed by atoms with Gasteiger partial charge in [0.1, 0.15) is 17.1 Å². The molecule has 6 rings (SSSR count). The van der Waals surface area contributed by atoms with E-state index in [9.17, 15) is 9.59 Å². The average molecular weight is 655 g/mol. The number of nitrogens with zero attached hydrogens (tertiary/aromatic N) is 2. The molecule has 0 unspecified atom stereocenters. The Kier molecular flexibility index (Phi) is 9.80. The van der Waals surface area contributed by atoms with Gasteiger partial charge in [0.15, 0.2) is 0 Å². The summed E-state index contributed by atoms with van der Waals surface area (Å²) in [5.41, 5.74) is 3.79. The number of piperidine rings is 1. The Morgan fingerprint density at radius 2 is 1.83 bits per heavy atom. The van der Waals surface area contributed by atoms with Gasteiger partial charge >= 0.3 is 12.1 Å². The second kappa shape index (κ2) is 14.0. The van der Waals surface area contributed by atoms with Crippen molar-refractivity contribution in [2.75, 3.05) is 40.5 Å². The number of methoxy groups -OCH3 is 2. The van der Waals surface area contributed by atoms with Crippen LogP contribution in [-0.2, 0) is 20.8 Å². The van der Waals surface area contributed by atoms with E-state index in [0.717, 1.165) is 82.2 Å². The Morgan fingerprint density at radius 1 is 1.00 bits per heavy atom. The predicted octanol–water partition coefficient (Wildman–Crippen LogP) is 7.78. The molecule has 3 heterocycles. The monoisotopic (exact) mass is 654 g/mol. The summed E-state index contributed by atoms with van der Waals surface area (Å²) in [6.07, 6.45) is 8.26. The summed E-state index contributed by atoms with van der Waals surface area (Å²) >= 11 is 0. The maximum absolute atomic E-state index is 13.2. The highest BCUT2D eigenvalue weighted by atomic mass is 16.6. The predicted molar refractivity (Wildman–Crippen MR) is 186 cm³/mol. The van der Waals surface area contributed by atoms with Crippen molar-refractivity contribution in [1.29, 1.82) is 0 Å². The smallest absolute Gasteiger partial charge is 0.419 e. The van der Waals surface area contributed by atoms with Crippen LogP contribution >= 0.6 is 0 Å². The Hall–Kier alpha value is -4.34. The minimum Gasteiger partial charge on any atom is -0.496 e. The zero-order valence-electron chi connectivity index (χ0n) is 28.8. The molecule has 0 radical (unpaired) electrons. The number of aromatic nitrogens is 1. The number of allylic oxidation sites excluding steroid dienone is 1. The summed E-state index contributed by atoms with van der Waals surface area (Å²) in [6.45, 7) is 10.9. The maximum Gasteiger partial charge on any atom is 0.419 e. The highest BCUT2D eigenvalue weighted by molar-refractivity contribution is 6.06. The molecule has 48 heavy (non-hydrogen) atoms. The lowest BCUT2D eigenvalue weighted by Gasteiger charge is -2.39. The van der Waals surface area contributed by atoms with Crippen LogP contribution in [0.25, 0.3) is 21.7 Å². The number of carbonyl (C=O) groups excluding carboxylic acids is 2. The molecule has 0 N–H and O–H groups in total. The number of hydrogen-bond donors (Lipinski definition) is 0. The van der Waals surface area contributed by atoms with E-state index in [1.807, 2.05) is 58.0 Å². The van der Waals surface area contributed by atoms with Gasteiger partial charge in [-0.2, -0.15) is 0 Å². The first-order valence-electron chi connectivity index (χ1n) is 16.8. The molecule has 9 heteroatoms. The van der Waals surface area contributed by atoms with Gasteiger partial charge in [-0.3, -0.25) is 9.47 Å². The molecule has 2 aliphatic rings. The third-order valence-corrected chi connectivity index (χ3v) is 9.24. The van der Waals surface area contributed by atoms with Gasteiger partial charge in [0.25, 0.3) is 0 Å². The Balaban J connectivity index is 1.40. The third-order valence-electron chi connectivity index (χ3n) is 9.24. The number of hydrogen-bond acceptors (Lipinski definition) is 8. The van der Waals surface area contributed by atoms with Crippen LogP contribution in [0.5, 0.6) is 11.5 Å². The molecular formula is C39H46N2O7. The van der Waals surface area contributed by atoms with E-state index in [1.54, 1.807) is 17.9 Å². The van der Waals surface area contributed by atoms with Crippen molar-refractivity contribution in [3.63, 3.8) is 0 Å². The van der Waals surface area contributed by atoms with E-state index in [1.165, 1.54) is 7.11 Å². The first-order valence-corrected chi connectivity index (χ1v) is 16.8. The third kappa shape index (κ3) is 6.93. The van der Waals surface area contributed by atoms with Gasteiger partial charge in [0.05, 0.1) is 44.6 Å². The van der Waals surface area contributed by atoms with E-state index in [2.05, 4.69) is 29.2 Å². The SMILES string of the molecule is COC(=O)c1ccc2c3cc(ccc13)OCCC/C=C/CO[C@H]1CCN(Cc3c(OC)cc(C)c4c3ccn4C(=O)OC(C)(C)C)C[C@@H]21. The first kappa shape index (κ1) is 33.6. The van der Waals surface area contributed by atoms with Gasteiger partial charge in [-0.15, -0.1) is 0 Å². The van der Waals surface area contributed by atoms with Crippen LogP contribution in [0.1, 0.15) is 73.0 Å². The zero-order chi connectivity index (χ0) is 34.0. The lowest BCUT2D eigenvalue weighted by atomic mass is 9.83. The second-order valence-electron chi connectivity index (χ2n) is 13.7. The zero-order valence-corrected chi connectivity index (χ0v) is 28.8. The molecule has 2 atom stereocenters.